The molecule has 6 unspecified atom stereocenters. The van der Waals surface area contributed by atoms with Crippen LogP contribution in [0.5, 0.6) is 5.75 Å². The molecule has 5 aliphatic rings. The number of aliphatic hydroxyl groups is 2. The molecule has 10 heteroatoms. The number of carbonyl (C=O) groups excluding carboxylic acids is 3. The lowest BCUT2D eigenvalue weighted by Crippen LogP contribution is -2.55. The van der Waals surface area contributed by atoms with Crippen molar-refractivity contribution in [2.24, 2.45) is 5.92 Å². The van der Waals surface area contributed by atoms with Gasteiger partial charge in [-0.3, -0.25) is 19.3 Å². The fourth-order valence-corrected chi connectivity index (χ4v) is 10.9. The first-order chi connectivity index (χ1) is 29.8. The fraction of sp³-hybridized carbons (Fsp3) is 0.431. The standard InChI is InChI=1S/C51H55N3O7/c55-32-33-60-39-23-21-38(22-24-39)46-51(40-34-35(20-25-41(40)52-49(51)58)26-29-50(59)27-12-2-3-13-28-50)42(47(56)53-30-14-4-1-5-15-31-53)44-48(57)61-45(37-18-10-7-11-19-37)43(54(44)46)36-16-8-6-9-17-36/h6-11,16-25,34,42-46,55,59H,1-5,12-15,27-28,30-33H2,(H,52,58). The lowest BCUT2D eigenvalue weighted by Gasteiger charge is -2.46. The summed E-state index contributed by atoms with van der Waals surface area (Å²) in [6.07, 6.45) is 9.14. The minimum Gasteiger partial charge on any atom is -0.491 e. The molecule has 4 aromatic carbocycles. The van der Waals surface area contributed by atoms with E-state index in [1.807, 2.05) is 108 Å². The number of morpholine rings is 1. The zero-order valence-corrected chi connectivity index (χ0v) is 34.6. The Kier molecular flexibility index (Phi) is 11.7. The summed E-state index contributed by atoms with van der Waals surface area (Å²) in [6.45, 7) is 1.03. The maximum atomic E-state index is 15.8. The second-order valence-electron chi connectivity index (χ2n) is 17.4. The normalized spacial score (nSPS) is 27.3. The van der Waals surface area contributed by atoms with Gasteiger partial charge in [-0.25, -0.2) is 0 Å². The van der Waals surface area contributed by atoms with Crippen LogP contribution in [0.25, 0.3) is 0 Å². The van der Waals surface area contributed by atoms with Crippen LogP contribution in [0, 0.1) is 17.8 Å². The summed E-state index contributed by atoms with van der Waals surface area (Å²) in [6, 6.07) is 30.1. The average Bonchev–Trinajstić information content (AvgIpc) is 3.64. The van der Waals surface area contributed by atoms with Crippen LogP contribution in [0.3, 0.4) is 0 Å². The number of hydrogen-bond acceptors (Lipinski definition) is 8. The number of aliphatic hydroxyl groups excluding tert-OH is 1. The van der Waals surface area contributed by atoms with Gasteiger partial charge in [0.25, 0.3) is 0 Å². The Morgan fingerprint density at radius 1 is 0.770 bits per heavy atom. The van der Waals surface area contributed by atoms with Crippen molar-refractivity contribution in [1.82, 2.24) is 9.80 Å². The number of esters is 1. The van der Waals surface area contributed by atoms with Crippen molar-refractivity contribution in [2.45, 2.75) is 106 Å². The van der Waals surface area contributed by atoms with Crippen LogP contribution in [0.15, 0.2) is 103 Å². The molecular formula is C51H55N3O7. The Balaban J connectivity index is 1.30. The summed E-state index contributed by atoms with van der Waals surface area (Å²) >= 11 is 0. The monoisotopic (exact) mass is 821 g/mol. The molecule has 3 N–H and O–H groups in total. The SMILES string of the molecule is O=C1OC(c2ccccc2)C(c2ccccc2)N2C1C(C(=O)N1CCCCCCC1)C1(C(=O)Nc3ccc(C#CC4(O)CCCCCC4)cc31)C2c1ccc(OCCO)cc1. The summed E-state index contributed by atoms with van der Waals surface area (Å²) in [7, 11) is 0. The van der Waals surface area contributed by atoms with Crippen molar-refractivity contribution < 1.29 is 34.1 Å². The Bertz CT molecular complexity index is 2270. The molecule has 1 spiro atoms. The summed E-state index contributed by atoms with van der Waals surface area (Å²) in [4.78, 5) is 50.7. The molecule has 4 aliphatic heterocycles. The van der Waals surface area contributed by atoms with Gasteiger partial charge in [0.05, 0.1) is 24.6 Å². The first kappa shape index (κ1) is 40.9. The molecule has 0 bridgehead atoms. The highest BCUT2D eigenvalue weighted by Crippen LogP contribution is 2.65. The second-order valence-corrected chi connectivity index (χ2v) is 17.4. The third-order valence-electron chi connectivity index (χ3n) is 13.7. The molecule has 1 saturated carbocycles. The van der Waals surface area contributed by atoms with Crippen LogP contribution in [-0.2, 0) is 24.5 Å². The van der Waals surface area contributed by atoms with Gasteiger partial charge >= 0.3 is 5.97 Å². The number of nitrogens with zero attached hydrogens (tertiary/aromatic N) is 2. The van der Waals surface area contributed by atoms with E-state index in [2.05, 4.69) is 22.1 Å². The number of amides is 2. The van der Waals surface area contributed by atoms with Gasteiger partial charge in [0, 0.05) is 24.3 Å². The number of likely N-dealkylation sites (tertiary alicyclic amines) is 1. The summed E-state index contributed by atoms with van der Waals surface area (Å²) in [5, 5.41) is 24.3. The molecule has 0 radical (unpaired) electrons. The quantitative estimate of drug-likeness (QED) is 0.0991. The smallest absolute Gasteiger partial charge is 0.324 e. The molecule has 4 heterocycles. The number of fused-ring (bicyclic) bond motifs is 3. The lowest BCUT2D eigenvalue weighted by atomic mass is 9.65. The zero-order chi connectivity index (χ0) is 42.0. The van der Waals surface area contributed by atoms with E-state index in [0.717, 1.165) is 74.5 Å². The van der Waals surface area contributed by atoms with Crippen molar-refractivity contribution in [3.8, 4) is 17.6 Å². The van der Waals surface area contributed by atoms with E-state index >= 15 is 14.4 Å². The molecule has 4 aromatic rings. The number of carbonyl (C=O) groups is 3. The second kappa shape index (κ2) is 17.5. The summed E-state index contributed by atoms with van der Waals surface area (Å²) in [5.41, 5.74) is 1.44. The Hall–Kier alpha value is -5.47. The Morgan fingerprint density at radius 3 is 2.08 bits per heavy atom. The van der Waals surface area contributed by atoms with Crippen molar-refractivity contribution in [2.75, 3.05) is 31.6 Å². The molecule has 2 amide bonds. The largest absolute Gasteiger partial charge is 0.491 e. The van der Waals surface area contributed by atoms with E-state index in [9.17, 15) is 10.2 Å². The number of hydrogen-bond donors (Lipinski definition) is 3. The molecular weight excluding hydrogens is 767 g/mol. The molecule has 10 nitrogen and oxygen atoms in total. The van der Waals surface area contributed by atoms with Crippen LogP contribution in [0.1, 0.15) is 117 Å². The van der Waals surface area contributed by atoms with Gasteiger partial charge in [0.15, 0.2) is 0 Å². The van der Waals surface area contributed by atoms with Crippen LogP contribution in [0.2, 0.25) is 0 Å². The maximum absolute atomic E-state index is 15.8. The molecule has 316 valence electrons. The third-order valence-corrected chi connectivity index (χ3v) is 13.7. The predicted molar refractivity (Wildman–Crippen MR) is 231 cm³/mol. The van der Waals surface area contributed by atoms with Crippen molar-refractivity contribution >= 4 is 23.5 Å². The van der Waals surface area contributed by atoms with Crippen LogP contribution >= 0.6 is 0 Å². The van der Waals surface area contributed by atoms with Gasteiger partial charge in [0.1, 0.15) is 35.5 Å². The highest BCUT2D eigenvalue weighted by molar-refractivity contribution is 6.12. The van der Waals surface area contributed by atoms with Gasteiger partial charge < -0.3 is 29.9 Å². The molecule has 9 rings (SSSR count). The van der Waals surface area contributed by atoms with E-state index < -0.39 is 47.1 Å². The highest BCUT2D eigenvalue weighted by Gasteiger charge is 2.74. The third kappa shape index (κ3) is 7.62. The minimum absolute atomic E-state index is 0.114. The Morgan fingerprint density at radius 2 is 1.41 bits per heavy atom. The van der Waals surface area contributed by atoms with E-state index in [4.69, 9.17) is 9.47 Å². The number of anilines is 1. The van der Waals surface area contributed by atoms with Gasteiger partial charge in [-0.05, 0) is 91.1 Å². The van der Waals surface area contributed by atoms with Crippen LogP contribution in [-0.4, -0.2) is 75.7 Å². The van der Waals surface area contributed by atoms with Gasteiger partial charge in [-0.1, -0.05) is 117 Å². The fourth-order valence-electron chi connectivity index (χ4n) is 10.9. The maximum Gasteiger partial charge on any atom is 0.324 e. The number of ether oxygens (including phenoxy) is 2. The van der Waals surface area contributed by atoms with E-state index in [-0.39, 0.29) is 25.0 Å². The van der Waals surface area contributed by atoms with Gasteiger partial charge in [0.2, 0.25) is 11.8 Å². The number of nitrogens with one attached hydrogen (secondary N) is 1. The predicted octanol–water partition coefficient (Wildman–Crippen LogP) is 7.56. The summed E-state index contributed by atoms with van der Waals surface area (Å²) < 4.78 is 12.4. The molecule has 1 aliphatic carbocycles. The molecule has 6 atom stereocenters. The highest BCUT2D eigenvalue weighted by atomic mass is 16.6. The molecule has 61 heavy (non-hydrogen) atoms. The zero-order valence-electron chi connectivity index (χ0n) is 34.6. The Labute approximate surface area is 358 Å². The van der Waals surface area contributed by atoms with E-state index in [0.29, 0.717) is 48.5 Å². The summed E-state index contributed by atoms with van der Waals surface area (Å²) in [5.74, 6) is 4.73. The average molecular weight is 822 g/mol. The molecule has 3 saturated heterocycles. The van der Waals surface area contributed by atoms with E-state index in [1.54, 1.807) is 0 Å². The van der Waals surface area contributed by atoms with E-state index in [1.165, 1.54) is 0 Å². The minimum atomic E-state index is -1.62. The van der Waals surface area contributed by atoms with Gasteiger partial charge in [-0.2, -0.15) is 0 Å². The molecule has 4 fully saturated rings. The lowest BCUT2D eigenvalue weighted by molar-refractivity contribution is -0.179. The number of rotatable bonds is 7. The topological polar surface area (TPSA) is 129 Å². The molecule has 0 aromatic heterocycles. The van der Waals surface area contributed by atoms with Crippen molar-refractivity contribution in [3.63, 3.8) is 0 Å². The van der Waals surface area contributed by atoms with Crippen LogP contribution < -0.4 is 10.1 Å². The van der Waals surface area contributed by atoms with Gasteiger partial charge in [-0.15, -0.1) is 0 Å². The number of benzene rings is 4. The van der Waals surface area contributed by atoms with Crippen molar-refractivity contribution in [3.05, 3.63) is 131 Å². The van der Waals surface area contributed by atoms with Crippen molar-refractivity contribution in [1.29, 1.82) is 0 Å². The first-order valence-electron chi connectivity index (χ1n) is 22.2. The number of cyclic esters (lactones) is 1. The first-order valence-corrected chi connectivity index (χ1v) is 22.2. The van der Waals surface area contributed by atoms with Crippen LogP contribution in [0.4, 0.5) is 5.69 Å².